The Morgan fingerprint density at radius 1 is 1.28 bits per heavy atom. The second-order valence-corrected chi connectivity index (χ2v) is 7.69. The van der Waals surface area contributed by atoms with Crippen molar-refractivity contribution in [1.82, 2.24) is 4.90 Å². The molecule has 18 heavy (non-hydrogen) atoms. The smallest absolute Gasteiger partial charge is 0.226 e. The third-order valence-electron chi connectivity index (χ3n) is 3.92. The molecule has 1 saturated heterocycles. The number of rotatable bonds is 3. The van der Waals surface area contributed by atoms with E-state index in [4.69, 9.17) is 5.73 Å². The molecule has 0 aromatic heterocycles. The lowest BCUT2D eigenvalue weighted by atomic mass is 9.81. The van der Waals surface area contributed by atoms with Gasteiger partial charge in [-0.15, -0.1) is 0 Å². The third kappa shape index (κ3) is 4.60. The highest BCUT2D eigenvalue weighted by Gasteiger charge is 2.32. The normalized spacial score (nSPS) is 21.8. The van der Waals surface area contributed by atoms with Gasteiger partial charge < -0.3 is 10.6 Å². The Bertz CT molecular complexity index is 281. The van der Waals surface area contributed by atoms with E-state index in [1.54, 1.807) is 0 Å². The molecule has 1 aliphatic rings. The Morgan fingerprint density at radius 3 is 2.17 bits per heavy atom. The van der Waals surface area contributed by atoms with Crippen molar-refractivity contribution in [2.75, 3.05) is 19.6 Å². The zero-order chi connectivity index (χ0) is 14.0. The largest absolute Gasteiger partial charge is 0.342 e. The SMILES string of the molecule is CC(C)(C)CC(CN)C(=O)N1CCC(C)(C)CC1. The number of hydrogen-bond acceptors (Lipinski definition) is 2. The summed E-state index contributed by atoms with van der Waals surface area (Å²) in [5, 5.41) is 0. The molecule has 0 spiro atoms. The Balaban J connectivity index is 2.58. The van der Waals surface area contributed by atoms with Crippen LogP contribution in [0.2, 0.25) is 0 Å². The number of carbonyl (C=O) groups is 1. The van der Waals surface area contributed by atoms with Crippen LogP contribution < -0.4 is 5.73 Å². The lowest BCUT2D eigenvalue weighted by molar-refractivity contribution is -0.138. The number of amides is 1. The fourth-order valence-electron chi connectivity index (χ4n) is 2.60. The molecule has 0 aromatic carbocycles. The van der Waals surface area contributed by atoms with Crippen LogP contribution in [0.3, 0.4) is 0 Å². The molecule has 1 amide bonds. The minimum atomic E-state index is -0.00814. The van der Waals surface area contributed by atoms with Gasteiger partial charge in [0, 0.05) is 19.6 Å². The molecule has 1 fully saturated rings. The molecule has 0 saturated carbocycles. The second-order valence-electron chi connectivity index (χ2n) is 7.69. The molecule has 1 atom stereocenters. The number of nitrogens with two attached hydrogens (primary N) is 1. The maximum absolute atomic E-state index is 12.5. The molecule has 0 aliphatic carbocycles. The van der Waals surface area contributed by atoms with Gasteiger partial charge in [-0.2, -0.15) is 0 Å². The van der Waals surface area contributed by atoms with Gasteiger partial charge in [-0.1, -0.05) is 34.6 Å². The first kappa shape index (κ1) is 15.5. The molecule has 0 radical (unpaired) electrons. The molecule has 3 nitrogen and oxygen atoms in total. The predicted octanol–water partition coefficient (Wildman–Crippen LogP) is 2.65. The summed E-state index contributed by atoms with van der Waals surface area (Å²) in [7, 11) is 0. The van der Waals surface area contributed by atoms with Crippen molar-refractivity contribution in [3.8, 4) is 0 Å². The Kier molecular flexibility index (Phi) is 4.82. The summed E-state index contributed by atoms with van der Waals surface area (Å²) in [6.07, 6.45) is 3.08. The summed E-state index contributed by atoms with van der Waals surface area (Å²) >= 11 is 0. The second kappa shape index (κ2) is 5.60. The van der Waals surface area contributed by atoms with Crippen molar-refractivity contribution in [1.29, 1.82) is 0 Å². The number of hydrogen-bond donors (Lipinski definition) is 1. The van der Waals surface area contributed by atoms with E-state index in [1.807, 2.05) is 4.90 Å². The van der Waals surface area contributed by atoms with E-state index in [9.17, 15) is 4.79 Å². The highest BCUT2D eigenvalue weighted by Crippen LogP contribution is 2.31. The van der Waals surface area contributed by atoms with E-state index >= 15 is 0 Å². The molecular formula is C15H30N2O. The first-order chi connectivity index (χ1) is 8.14. The molecule has 0 bridgehead atoms. The van der Waals surface area contributed by atoms with Crippen LogP contribution in [-0.4, -0.2) is 30.4 Å². The summed E-state index contributed by atoms with van der Waals surface area (Å²) in [5.74, 6) is 0.258. The van der Waals surface area contributed by atoms with Gasteiger partial charge in [0.1, 0.15) is 0 Å². The van der Waals surface area contributed by atoms with Gasteiger partial charge in [0.05, 0.1) is 5.92 Å². The molecular weight excluding hydrogens is 224 g/mol. The molecule has 1 rings (SSSR count). The van der Waals surface area contributed by atoms with Crippen molar-refractivity contribution >= 4 is 5.91 Å². The van der Waals surface area contributed by atoms with E-state index in [1.165, 1.54) is 0 Å². The lowest BCUT2D eigenvalue weighted by Gasteiger charge is -2.39. The van der Waals surface area contributed by atoms with Gasteiger partial charge in [-0.3, -0.25) is 4.79 Å². The zero-order valence-electron chi connectivity index (χ0n) is 12.8. The summed E-state index contributed by atoms with van der Waals surface area (Å²) in [6, 6.07) is 0. The van der Waals surface area contributed by atoms with Crippen molar-refractivity contribution in [3.63, 3.8) is 0 Å². The van der Waals surface area contributed by atoms with Crippen LogP contribution in [0, 0.1) is 16.7 Å². The number of likely N-dealkylation sites (tertiary alicyclic amines) is 1. The first-order valence-corrected chi connectivity index (χ1v) is 7.13. The van der Waals surface area contributed by atoms with Crippen LogP contribution in [0.15, 0.2) is 0 Å². The van der Waals surface area contributed by atoms with E-state index in [0.717, 1.165) is 32.4 Å². The maximum Gasteiger partial charge on any atom is 0.226 e. The van der Waals surface area contributed by atoms with Crippen LogP contribution in [-0.2, 0) is 4.79 Å². The summed E-state index contributed by atoms with van der Waals surface area (Å²) in [5.41, 5.74) is 6.34. The number of carbonyl (C=O) groups excluding carboxylic acids is 1. The zero-order valence-corrected chi connectivity index (χ0v) is 12.8. The molecule has 1 aliphatic heterocycles. The molecule has 1 unspecified atom stereocenters. The van der Waals surface area contributed by atoms with Crippen LogP contribution >= 0.6 is 0 Å². The lowest BCUT2D eigenvalue weighted by Crippen LogP contribution is -2.46. The highest BCUT2D eigenvalue weighted by molar-refractivity contribution is 5.79. The van der Waals surface area contributed by atoms with Crippen LogP contribution in [0.4, 0.5) is 0 Å². The Morgan fingerprint density at radius 2 is 1.78 bits per heavy atom. The van der Waals surface area contributed by atoms with Crippen molar-refractivity contribution in [2.24, 2.45) is 22.5 Å². The topological polar surface area (TPSA) is 46.3 Å². The van der Waals surface area contributed by atoms with Gasteiger partial charge in [-0.05, 0) is 30.1 Å². The summed E-state index contributed by atoms with van der Waals surface area (Å²) in [4.78, 5) is 14.5. The fourth-order valence-corrected chi connectivity index (χ4v) is 2.60. The maximum atomic E-state index is 12.5. The average molecular weight is 254 g/mol. The van der Waals surface area contributed by atoms with Crippen LogP contribution in [0.1, 0.15) is 53.9 Å². The van der Waals surface area contributed by atoms with Gasteiger partial charge in [0.2, 0.25) is 5.91 Å². The summed E-state index contributed by atoms with van der Waals surface area (Å²) in [6.45, 7) is 13.3. The first-order valence-electron chi connectivity index (χ1n) is 7.13. The number of nitrogens with zero attached hydrogens (tertiary/aromatic N) is 1. The molecule has 3 heteroatoms. The monoisotopic (exact) mass is 254 g/mol. The van der Waals surface area contributed by atoms with Gasteiger partial charge in [0.15, 0.2) is 0 Å². The fraction of sp³-hybridized carbons (Fsp3) is 0.933. The van der Waals surface area contributed by atoms with E-state index in [0.29, 0.717) is 12.0 Å². The van der Waals surface area contributed by atoms with Crippen molar-refractivity contribution < 1.29 is 4.79 Å². The molecule has 1 heterocycles. The minimum absolute atomic E-state index is 0.00814. The summed E-state index contributed by atoms with van der Waals surface area (Å²) < 4.78 is 0. The van der Waals surface area contributed by atoms with Crippen molar-refractivity contribution in [3.05, 3.63) is 0 Å². The molecule has 0 aromatic rings. The standard InChI is InChI=1S/C15H30N2O/c1-14(2,3)10-12(11-16)13(18)17-8-6-15(4,5)7-9-17/h12H,6-11,16H2,1-5H3. The minimum Gasteiger partial charge on any atom is -0.342 e. The van der Waals surface area contributed by atoms with Gasteiger partial charge in [-0.25, -0.2) is 0 Å². The quantitative estimate of drug-likeness (QED) is 0.841. The van der Waals surface area contributed by atoms with Gasteiger partial charge >= 0.3 is 0 Å². The highest BCUT2D eigenvalue weighted by atomic mass is 16.2. The van der Waals surface area contributed by atoms with Gasteiger partial charge in [0.25, 0.3) is 0 Å². The molecule has 106 valence electrons. The van der Waals surface area contributed by atoms with Crippen LogP contribution in [0.5, 0.6) is 0 Å². The van der Waals surface area contributed by atoms with E-state index < -0.39 is 0 Å². The van der Waals surface area contributed by atoms with Crippen LogP contribution in [0.25, 0.3) is 0 Å². The molecule has 2 N–H and O–H groups in total. The predicted molar refractivity (Wildman–Crippen MR) is 76.2 cm³/mol. The number of piperidine rings is 1. The van der Waals surface area contributed by atoms with Crippen molar-refractivity contribution in [2.45, 2.75) is 53.9 Å². The Hall–Kier alpha value is -0.570. The average Bonchev–Trinajstić information content (AvgIpc) is 2.24. The Labute approximate surface area is 112 Å². The third-order valence-corrected chi connectivity index (χ3v) is 3.92. The van der Waals surface area contributed by atoms with E-state index in [2.05, 4.69) is 34.6 Å². The van der Waals surface area contributed by atoms with E-state index in [-0.39, 0.29) is 17.2 Å².